The van der Waals surface area contributed by atoms with Gasteiger partial charge in [-0.2, -0.15) is 0 Å². The van der Waals surface area contributed by atoms with Crippen molar-refractivity contribution in [3.8, 4) is 0 Å². The molecular formula is C70H114O6Si2. The van der Waals surface area contributed by atoms with E-state index >= 15 is 0 Å². The van der Waals surface area contributed by atoms with Crippen LogP contribution in [0.25, 0.3) is 43.1 Å². The highest BCUT2D eigenvalue weighted by Gasteiger charge is 2.53. The quantitative estimate of drug-likeness (QED) is 0.0220. The fourth-order valence-corrected chi connectivity index (χ4v) is 18.4. The Morgan fingerprint density at radius 2 is 0.397 bits per heavy atom. The van der Waals surface area contributed by atoms with Gasteiger partial charge in [0.05, 0.1) is 0 Å². The summed E-state index contributed by atoms with van der Waals surface area (Å²) in [5.41, 5.74) is 3.17. The fourth-order valence-electron chi connectivity index (χ4n) is 12.3. The molecule has 6 nitrogen and oxygen atoms in total. The highest BCUT2D eigenvalue weighted by molar-refractivity contribution is 6.87. The van der Waals surface area contributed by atoms with E-state index in [2.05, 4.69) is 74.5 Å². The van der Waals surface area contributed by atoms with Crippen molar-refractivity contribution in [2.24, 2.45) is 0 Å². The maximum absolute atomic E-state index is 6.62. The summed E-state index contributed by atoms with van der Waals surface area (Å²) in [5, 5.41) is 11.7. The summed E-state index contributed by atoms with van der Waals surface area (Å²) >= 11 is 0. The first-order chi connectivity index (χ1) is 38.3. The molecule has 0 bridgehead atoms. The molecule has 0 atom stereocenters. The van der Waals surface area contributed by atoms with Crippen molar-refractivity contribution in [1.29, 1.82) is 0 Å². The average Bonchev–Trinajstić information content (AvgIpc) is 3.62. The van der Waals surface area contributed by atoms with Crippen LogP contribution in [0.5, 0.6) is 0 Å². The van der Waals surface area contributed by atoms with E-state index in [1.807, 2.05) is 41.5 Å². The van der Waals surface area contributed by atoms with Crippen molar-refractivity contribution in [2.75, 3.05) is 39.6 Å². The topological polar surface area (TPSA) is 55.4 Å². The van der Waals surface area contributed by atoms with E-state index < -0.39 is 17.6 Å². The molecule has 0 radical (unpaired) electrons. The summed E-state index contributed by atoms with van der Waals surface area (Å²) in [7, 11) is -6.89. The largest absolute Gasteiger partial charge is 0.537 e. The molecule has 5 rings (SSSR count). The molecule has 0 heterocycles. The van der Waals surface area contributed by atoms with Gasteiger partial charge in [-0.15, -0.1) is 0 Å². The highest BCUT2D eigenvalue weighted by Crippen LogP contribution is 2.33. The summed E-state index contributed by atoms with van der Waals surface area (Å²) in [4.78, 5) is 0. The van der Waals surface area contributed by atoms with Crippen LogP contribution in [0.1, 0.15) is 272 Å². The molecule has 78 heavy (non-hydrogen) atoms. The molecule has 0 saturated heterocycles. The van der Waals surface area contributed by atoms with E-state index in [9.17, 15) is 0 Å². The van der Waals surface area contributed by atoms with Crippen molar-refractivity contribution >= 4 is 71.1 Å². The van der Waals surface area contributed by atoms with Crippen LogP contribution in [0.3, 0.4) is 0 Å². The monoisotopic (exact) mass is 1110 g/mol. The molecule has 0 aliphatic heterocycles. The SMILES string of the molecule is CCCCCCCCCCCCCCCCCCc1cc2cc3cc4cc5cc([Si](OCC)(OCC)OCC)c([Si](OCC)(OCC)OCC)cc5cc4cc3cc2cc1CCCCCCCCCCCCCCCCCC. The summed E-state index contributed by atoms with van der Waals surface area (Å²) in [5.74, 6) is 0. The first-order valence-corrected chi connectivity index (χ1v) is 36.5. The van der Waals surface area contributed by atoms with E-state index in [1.165, 1.54) is 251 Å². The van der Waals surface area contributed by atoms with Crippen molar-refractivity contribution < 1.29 is 26.6 Å². The van der Waals surface area contributed by atoms with Crippen molar-refractivity contribution in [3.63, 3.8) is 0 Å². The Hall–Kier alpha value is -2.67. The summed E-state index contributed by atoms with van der Waals surface area (Å²) in [6, 6.07) is 24.0. The fraction of sp³-hybridized carbons (Fsp3) is 0.686. The molecule has 8 heteroatoms. The number of unbranched alkanes of at least 4 members (excludes halogenated alkanes) is 30. The van der Waals surface area contributed by atoms with Crippen LogP contribution >= 0.6 is 0 Å². The van der Waals surface area contributed by atoms with Gasteiger partial charge in [-0.3, -0.25) is 0 Å². The van der Waals surface area contributed by atoms with Gasteiger partial charge >= 0.3 is 17.6 Å². The molecule has 0 aromatic heterocycles. The smallest absolute Gasteiger partial charge is 0.370 e. The lowest BCUT2D eigenvalue weighted by Gasteiger charge is -2.35. The second-order valence-corrected chi connectivity index (χ2v) is 27.8. The molecule has 0 saturated carbocycles. The van der Waals surface area contributed by atoms with Crippen molar-refractivity contribution in [3.05, 3.63) is 71.8 Å². The van der Waals surface area contributed by atoms with E-state index in [1.54, 1.807) is 11.1 Å². The Bertz CT molecular complexity index is 2180. The maximum Gasteiger partial charge on any atom is 0.537 e. The molecule has 0 amide bonds. The van der Waals surface area contributed by atoms with Crippen molar-refractivity contribution in [2.45, 2.75) is 274 Å². The molecule has 0 spiro atoms. The summed E-state index contributed by atoms with van der Waals surface area (Å²) in [6.45, 7) is 19.4. The normalized spacial score (nSPS) is 12.4. The predicted molar refractivity (Wildman–Crippen MR) is 343 cm³/mol. The van der Waals surface area contributed by atoms with Gasteiger partial charge in [-0.1, -0.05) is 219 Å². The van der Waals surface area contributed by atoms with Gasteiger partial charge in [0.15, 0.2) is 0 Å². The van der Waals surface area contributed by atoms with E-state index in [-0.39, 0.29) is 0 Å². The average molecular weight is 1110 g/mol. The van der Waals surface area contributed by atoms with Crippen LogP contribution in [0.4, 0.5) is 0 Å². The summed E-state index contributed by atoms with van der Waals surface area (Å²) in [6.07, 6.45) is 47.4. The van der Waals surface area contributed by atoms with Gasteiger partial charge in [0.25, 0.3) is 0 Å². The molecule has 5 aromatic rings. The molecule has 0 unspecified atom stereocenters. The number of hydrogen-bond acceptors (Lipinski definition) is 6. The van der Waals surface area contributed by atoms with Crippen LogP contribution in [-0.2, 0) is 39.4 Å². The third-order valence-electron chi connectivity index (χ3n) is 16.4. The van der Waals surface area contributed by atoms with E-state index in [4.69, 9.17) is 26.6 Å². The van der Waals surface area contributed by atoms with Crippen LogP contribution in [-0.4, -0.2) is 57.3 Å². The molecule has 0 aliphatic rings. The molecule has 5 aromatic carbocycles. The van der Waals surface area contributed by atoms with Crippen LogP contribution < -0.4 is 10.4 Å². The molecule has 438 valence electrons. The molecule has 0 aliphatic carbocycles. The third-order valence-corrected chi connectivity index (χ3v) is 22.8. The van der Waals surface area contributed by atoms with Gasteiger partial charge in [0, 0.05) is 50.0 Å². The molecule has 0 fully saturated rings. The minimum Gasteiger partial charge on any atom is -0.370 e. The lowest BCUT2D eigenvalue weighted by Crippen LogP contribution is -2.70. The summed E-state index contributed by atoms with van der Waals surface area (Å²) < 4.78 is 39.7. The van der Waals surface area contributed by atoms with Gasteiger partial charge in [-0.25, -0.2) is 0 Å². The Balaban J connectivity index is 1.33. The third kappa shape index (κ3) is 21.6. The minimum atomic E-state index is -3.45. The predicted octanol–water partition coefficient (Wildman–Crippen LogP) is 20.4. The number of benzene rings is 5. The Morgan fingerprint density at radius 1 is 0.218 bits per heavy atom. The Labute approximate surface area is 480 Å². The lowest BCUT2D eigenvalue weighted by molar-refractivity contribution is 0.0807. The number of rotatable bonds is 48. The van der Waals surface area contributed by atoms with Crippen LogP contribution in [0, 0.1) is 0 Å². The lowest BCUT2D eigenvalue weighted by atomic mass is 9.91. The van der Waals surface area contributed by atoms with Gasteiger partial charge < -0.3 is 26.6 Å². The molecular weight excluding hydrogens is 993 g/mol. The first-order valence-electron chi connectivity index (χ1n) is 33.1. The zero-order valence-electron chi connectivity index (χ0n) is 51.5. The van der Waals surface area contributed by atoms with Crippen LogP contribution in [0.15, 0.2) is 60.7 Å². The first kappa shape index (κ1) is 66.1. The van der Waals surface area contributed by atoms with Gasteiger partial charge in [0.2, 0.25) is 0 Å². The number of aryl methyl sites for hydroxylation is 2. The van der Waals surface area contributed by atoms with Gasteiger partial charge in [-0.05, 0) is 170 Å². The van der Waals surface area contributed by atoms with E-state index in [0.29, 0.717) is 39.6 Å². The van der Waals surface area contributed by atoms with Crippen LogP contribution in [0.2, 0.25) is 0 Å². The second kappa shape index (κ2) is 38.9. The Morgan fingerprint density at radius 3 is 0.603 bits per heavy atom. The van der Waals surface area contributed by atoms with E-state index in [0.717, 1.165) is 21.1 Å². The number of hydrogen-bond donors (Lipinski definition) is 0. The number of fused-ring (bicyclic) bond motifs is 4. The molecule has 0 N–H and O–H groups in total. The minimum absolute atomic E-state index is 0.454. The second-order valence-electron chi connectivity index (χ2n) is 22.8. The Kier molecular flexibility index (Phi) is 33.0. The standard InChI is InChI=1S/C70H114O6Si2/c1-9-17-19-21-23-25-27-29-31-33-35-37-39-41-43-45-47-59-49-61-51-63-53-65-55-67-57-69(77(71-11-3,72-12-4)73-13-5)70(78(74-14-6,75-15-7)76-16-8)58-68(67)56-66(65)54-64(63)52-62(61)50-60(59)48-46-44-42-40-38-36-34-32-30-28-26-24-22-20-18-10-2/h49-58H,9-48H2,1-8H3. The van der Waals surface area contributed by atoms with Gasteiger partial charge in [0.1, 0.15) is 0 Å². The van der Waals surface area contributed by atoms with Crippen molar-refractivity contribution in [1.82, 2.24) is 0 Å². The zero-order valence-corrected chi connectivity index (χ0v) is 53.5. The highest BCUT2D eigenvalue weighted by atomic mass is 28.4. The maximum atomic E-state index is 6.62. The zero-order chi connectivity index (χ0) is 55.5.